The second-order valence-electron chi connectivity index (χ2n) is 4.23. The van der Waals surface area contributed by atoms with Crippen LogP contribution in [0.1, 0.15) is 26.2 Å². The third-order valence-electron chi connectivity index (χ3n) is 3.18. The number of fused-ring (bicyclic) bond motifs is 1. The zero-order chi connectivity index (χ0) is 11.8. The van der Waals surface area contributed by atoms with Gasteiger partial charge in [-0.25, -0.2) is 13.4 Å². The molecular formula is C10H16N2O3S. The molecule has 0 bridgehead atoms. The maximum Gasteiger partial charge on any atom is 0.251 e. The predicted molar refractivity (Wildman–Crippen MR) is 60.8 cm³/mol. The lowest BCUT2D eigenvalue weighted by molar-refractivity contribution is -0.131. The Morgan fingerprint density at radius 3 is 2.88 bits per heavy atom. The van der Waals surface area contributed by atoms with E-state index in [1.165, 1.54) is 5.01 Å². The zero-order valence-electron chi connectivity index (χ0n) is 9.35. The van der Waals surface area contributed by atoms with E-state index in [1.54, 1.807) is 6.92 Å². The summed E-state index contributed by atoms with van der Waals surface area (Å²) in [7, 11) is -3.02. The minimum atomic E-state index is -3.02. The summed E-state index contributed by atoms with van der Waals surface area (Å²) < 4.78 is 22.6. The normalized spacial score (nSPS) is 24.8. The lowest BCUT2D eigenvalue weighted by Gasteiger charge is -2.13. The van der Waals surface area contributed by atoms with Crippen molar-refractivity contribution in [3.8, 4) is 0 Å². The largest absolute Gasteiger partial charge is 0.272 e. The summed E-state index contributed by atoms with van der Waals surface area (Å²) in [5.41, 5.74) is 0.943. The van der Waals surface area contributed by atoms with Crippen molar-refractivity contribution in [3.63, 3.8) is 0 Å². The van der Waals surface area contributed by atoms with Crippen molar-refractivity contribution in [2.24, 2.45) is 11.0 Å². The molecule has 1 unspecified atom stereocenters. The first kappa shape index (κ1) is 11.6. The van der Waals surface area contributed by atoms with E-state index in [-0.39, 0.29) is 29.9 Å². The van der Waals surface area contributed by atoms with Gasteiger partial charge in [0.15, 0.2) is 9.84 Å². The van der Waals surface area contributed by atoms with Crippen molar-refractivity contribution in [1.29, 1.82) is 0 Å². The molecule has 1 amide bonds. The van der Waals surface area contributed by atoms with Crippen molar-refractivity contribution in [1.82, 2.24) is 5.01 Å². The summed E-state index contributed by atoms with van der Waals surface area (Å²) in [6.45, 7) is 1.82. The van der Waals surface area contributed by atoms with Crippen LogP contribution in [-0.2, 0) is 14.6 Å². The van der Waals surface area contributed by atoms with Gasteiger partial charge in [0.05, 0.1) is 23.9 Å². The van der Waals surface area contributed by atoms with Gasteiger partial charge in [-0.3, -0.25) is 4.79 Å². The molecule has 1 aliphatic carbocycles. The van der Waals surface area contributed by atoms with Crippen LogP contribution in [0.3, 0.4) is 0 Å². The van der Waals surface area contributed by atoms with Crippen molar-refractivity contribution in [2.75, 3.05) is 18.1 Å². The van der Waals surface area contributed by atoms with E-state index in [9.17, 15) is 13.2 Å². The molecule has 0 aromatic rings. The number of amides is 1. The first-order valence-electron chi connectivity index (χ1n) is 5.62. The molecule has 0 aromatic heterocycles. The van der Waals surface area contributed by atoms with Gasteiger partial charge in [0, 0.05) is 5.75 Å². The van der Waals surface area contributed by atoms with Crippen LogP contribution in [-0.4, -0.2) is 43.1 Å². The molecule has 90 valence electrons. The Balaban J connectivity index is 1.98. The highest BCUT2D eigenvalue weighted by molar-refractivity contribution is 7.91. The van der Waals surface area contributed by atoms with Crippen LogP contribution < -0.4 is 0 Å². The summed E-state index contributed by atoms with van der Waals surface area (Å²) in [4.78, 5) is 11.8. The van der Waals surface area contributed by atoms with Gasteiger partial charge in [-0.15, -0.1) is 0 Å². The summed E-state index contributed by atoms with van der Waals surface area (Å²) in [6, 6.07) is 0. The topological polar surface area (TPSA) is 66.8 Å². The summed E-state index contributed by atoms with van der Waals surface area (Å²) >= 11 is 0. The molecule has 0 aromatic carbocycles. The summed E-state index contributed by atoms with van der Waals surface area (Å²) in [5.74, 6) is 0.0662. The lowest BCUT2D eigenvalue weighted by Crippen LogP contribution is -2.31. The van der Waals surface area contributed by atoms with E-state index in [0.29, 0.717) is 0 Å². The standard InChI is InChI=1S/C10H16N2O3S/c1-2-16(14,15)7-6-12-10(13)8-4-3-5-9(8)11-12/h8H,2-7H2,1H3. The fourth-order valence-electron chi connectivity index (χ4n) is 2.13. The zero-order valence-corrected chi connectivity index (χ0v) is 10.2. The van der Waals surface area contributed by atoms with E-state index in [1.807, 2.05) is 0 Å². The van der Waals surface area contributed by atoms with Gasteiger partial charge in [-0.2, -0.15) is 5.10 Å². The number of carbonyl (C=O) groups excluding carboxylic acids is 1. The fraction of sp³-hybridized carbons (Fsp3) is 0.800. The molecule has 16 heavy (non-hydrogen) atoms. The van der Waals surface area contributed by atoms with Crippen LogP contribution in [0, 0.1) is 5.92 Å². The quantitative estimate of drug-likeness (QED) is 0.719. The Morgan fingerprint density at radius 2 is 2.25 bits per heavy atom. The van der Waals surface area contributed by atoms with E-state index in [2.05, 4.69) is 5.10 Å². The monoisotopic (exact) mass is 244 g/mol. The highest BCUT2D eigenvalue weighted by Gasteiger charge is 2.38. The smallest absolute Gasteiger partial charge is 0.251 e. The molecule has 2 aliphatic rings. The molecule has 2 rings (SSSR count). The molecule has 5 nitrogen and oxygen atoms in total. The third-order valence-corrected chi connectivity index (χ3v) is 4.87. The van der Waals surface area contributed by atoms with Gasteiger partial charge >= 0.3 is 0 Å². The number of hydrogen-bond donors (Lipinski definition) is 0. The molecule has 1 saturated carbocycles. The van der Waals surface area contributed by atoms with Gasteiger partial charge in [0.25, 0.3) is 5.91 Å². The Morgan fingerprint density at radius 1 is 1.50 bits per heavy atom. The van der Waals surface area contributed by atoms with E-state index in [0.717, 1.165) is 25.0 Å². The molecule has 1 aliphatic heterocycles. The molecule has 6 heteroatoms. The van der Waals surface area contributed by atoms with E-state index >= 15 is 0 Å². The maximum atomic E-state index is 11.8. The molecule has 0 radical (unpaired) electrons. The van der Waals surface area contributed by atoms with Crippen LogP contribution in [0.25, 0.3) is 0 Å². The Labute approximate surface area is 95.4 Å². The molecule has 0 N–H and O–H groups in total. The second kappa shape index (κ2) is 4.16. The Hall–Kier alpha value is -0.910. The first-order chi connectivity index (χ1) is 7.53. The van der Waals surface area contributed by atoms with E-state index < -0.39 is 9.84 Å². The summed E-state index contributed by atoms with van der Waals surface area (Å²) in [6.07, 6.45) is 2.78. The fourth-order valence-corrected chi connectivity index (χ4v) is 2.87. The van der Waals surface area contributed by atoms with Crippen molar-refractivity contribution >= 4 is 21.5 Å². The highest BCUT2D eigenvalue weighted by Crippen LogP contribution is 2.29. The second-order valence-corrected chi connectivity index (χ2v) is 6.71. The highest BCUT2D eigenvalue weighted by atomic mass is 32.2. The average Bonchev–Trinajstić information content (AvgIpc) is 2.80. The molecule has 1 atom stereocenters. The van der Waals surface area contributed by atoms with Crippen LogP contribution in [0.4, 0.5) is 0 Å². The van der Waals surface area contributed by atoms with Gasteiger partial charge < -0.3 is 0 Å². The molecule has 1 heterocycles. The van der Waals surface area contributed by atoms with Gasteiger partial charge in [0.1, 0.15) is 0 Å². The number of nitrogens with zero attached hydrogens (tertiary/aromatic N) is 2. The van der Waals surface area contributed by atoms with Gasteiger partial charge in [-0.1, -0.05) is 6.92 Å². The SMILES string of the molecule is CCS(=O)(=O)CCN1N=C2CCCC2C1=O. The minimum absolute atomic E-state index is 0.0126. The maximum absolute atomic E-state index is 11.8. The molecule has 1 fully saturated rings. The average molecular weight is 244 g/mol. The van der Waals surface area contributed by atoms with Crippen LogP contribution in [0.2, 0.25) is 0 Å². The molecular weight excluding hydrogens is 228 g/mol. The Kier molecular flexibility index (Phi) is 3.01. The number of sulfone groups is 1. The number of hydrazone groups is 1. The van der Waals surface area contributed by atoms with E-state index in [4.69, 9.17) is 0 Å². The number of hydrogen-bond acceptors (Lipinski definition) is 4. The third kappa shape index (κ3) is 2.11. The number of carbonyl (C=O) groups is 1. The van der Waals surface area contributed by atoms with Crippen LogP contribution in [0.15, 0.2) is 5.10 Å². The number of rotatable bonds is 4. The van der Waals surface area contributed by atoms with Crippen molar-refractivity contribution < 1.29 is 13.2 Å². The Bertz CT molecular complexity index is 427. The van der Waals surface area contributed by atoms with Crippen molar-refractivity contribution in [2.45, 2.75) is 26.2 Å². The summed E-state index contributed by atoms with van der Waals surface area (Å²) in [5, 5.41) is 5.54. The molecule has 0 saturated heterocycles. The van der Waals surface area contributed by atoms with Gasteiger partial charge in [0.2, 0.25) is 0 Å². The first-order valence-corrected chi connectivity index (χ1v) is 7.45. The van der Waals surface area contributed by atoms with Crippen molar-refractivity contribution in [3.05, 3.63) is 0 Å². The predicted octanol–water partition coefficient (Wildman–Crippen LogP) is 0.419. The lowest BCUT2D eigenvalue weighted by atomic mass is 10.1. The van der Waals surface area contributed by atoms with Crippen LogP contribution in [0.5, 0.6) is 0 Å². The van der Waals surface area contributed by atoms with Crippen LogP contribution >= 0.6 is 0 Å². The minimum Gasteiger partial charge on any atom is -0.272 e. The molecule has 0 spiro atoms. The van der Waals surface area contributed by atoms with Gasteiger partial charge in [-0.05, 0) is 19.3 Å².